The van der Waals surface area contributed by atoms with Crippen LogP contribution in [0.5, 0.6) is 0 Å². The number of carbonyl (C=O) groups excluding carboxylic acids is 2. The molecule has 0 radical (unpaired) electrons. The molecular weight excluding hydrogens is 262 g/mol. The summed E-state index contributed by atoms with van der Waals surface area (Å²) in [4.78, 5) is 28.7. The van der Waals surface area contributed by atoms with Crippen LogP contribution in [0.15, 0.2) is 12.2 Å². The summed E-state index contributed by atoms with van der Waals surface area (Å²) in [5, 5.41) is 0. The molecule has 1 fully saturated rings. The summed E-state index contributed by atoms with van der Waals surface area (Å²) in [6.07, 6.45) is 0. The summed E-state index contributed by atoms with van der Waals surface area (Å²) in [5.74, 6) is -0.583. The number of hydrogen-bond acceptors (Lipinski definition) is 7. The molecule has 0 aliphatic carbocycles. The van der Waals surface area contributed by atoms with Gasteiger partial charge in [0.2, 0.25) is 0 Å². The third-order valence-electron chi connectivity index (χ3n) is 2.85. The van der Waals surface area contributed by atoms with Crippen molar-refractivity contribution in [3.05, 3.63) is 12.2 Å². The van der Waals surface area contributed by atoms with Gasteiger partial charge in [0.25, 0.3) is 0 Å². The van der Waals surface area contributed by atoms with Crippen LogP contribution in [-0.2, 0) is 19.1 Å². The molecule has 0 atom stereocenters. The molecule has 20 heavy (non-hydrogen) atoms. The molecule has 0 aromatic carbocycles. The summed E-state index contributed by atoms with van der Waals surface area (Å²) < 4.78 is 9.36. The summed E-state index contributed by atoms with van der Waals surface area (Å²) in [6.45, 7) is 8.75. The standard InChI is InChI=1S/C13H23N3O4/c1-11(2)5-14-8-15(6-12(17)19-3)10-16(9-14)7-13(18)20-4/h1,5-10H2,2-4H3. The Morgan fingerprint density at radius 2 is 1.25 bits per heavy atom. The van der Waals surface area contributed by atoms with Gasteiger partial charge >= 0.3 is 11.9 Å². The zero-order valence-corrected chi connectivity index (χ0v) is 12.4. The van der Waals surface area contributed by atoms with E-state index in [-0.39, 0.29) is 25.0 Å². The maximum Gasteiger partial charge on any atom is 0.319 e. The van der Waals surface area contributed by atoms with E-state index in [4.69, 9.17) is 0 Å². The highest BCUT2D eigenvalue weighted by atomic mass is 16.5. The SMILES string of the molecule is C=C(C)CN1CN(CC(=O)OC)CN(CC(=O)OC)C1. The van der Waals surface area contributed by atoms with Gasteiger partial charge in [0.15, 0.2) is 0 Å². The van der Waals surface area contributed by atoms with E-state index in [0.29, 0.717) is 20.0 Å². The molecule has 0 saturated carbocycles. The second kappa shape index (κ2) is 7.98. The molecule has 7 heteroatoms. The lowest BCUT2D eigenvalue weighted by Gasteiger charge is -2.41. The lowest BCUT2D eigenvalue weighted by Crippen LogP contribution is -2.57. The molecule has 0 aromatic rings. The summed E-state index contributed by atoms with van der Waals surface area (Å²) in [5.41, 5.74) is 1.03. The Morgan fingerprint density at radius 3 is 1.55 bits per heavy atom. The van der Waals surface area contributed by atoms with E-state index >= 15 is 0 Å². The van der Waals surface area contributed by atoms with Gasteiger partial charge in [-0.05, 0) is 6.92 Å². The Hall–Kier alpha value is -1.44. The Bertz CT molecular complexity index is 347. The molecule has 1 aliphatic rings. The fraction of sp³-hybridized carbons (Fsp3) is 0.692. The first-order valence-corrected chi connectivity index (χ1v) is 6.39. The van der Waals surface area contributed by atoms with Crippen molar-refractivity contribution >= 4 is 11.9 Å². The van der Waals surface area contributed by atoms with Crippen molar-refractivity contribution in [1.82, 2.24) is 14.7 Å². The zero-order valence-electron chi connectivity index (χ0n) is 12.4. The smallest absolute Gasteiger partial charge is 0.319 e. The van der Waals surface area contributed by atoms with Gasteiger partial charge in [-0.15, -0.1) is 0 Å². The van der Waals surface area contributed by atoms with Gasteiger partial charge in [0.05, 0.1) is 47.3 Å². The molecule has 0 spiro atoms. The van der Waals surface area contributed by atoms with Crippen molar-refractivity contribution in [3.8, 4) is 0 Å². The van der Waals surface area contributed by atoms with Crippen LogP contribution < -0.4 is 0 Å². The first kappa shape index (κ1) is 16.6. The monoisotopic (exact) mass is 285 g/mol. The molecule has 1 aliphatic heterocycles. The molecule has 1 saturated heterocycles. The molecule has 1 rings (SSSR count). The van der Waals surface area contributed by atoms with E-state index in [1.165, 1.54) is 14.2 Å². The summed E-state index contributed by atoms with van der Waals surface area (Å²) in [6, 6.07) is 0. The maximum atomic E-state index is 11.4. The number of hydrogen-bond donors (Lipinski definition) is 0. The Labute approximate surface area is 119 Å². The van der Waals surface area contributed by atoms with Crippen LogP contribution in [-0.4, -0.2) is 80.5 Å². The van der Waals surface area contributed by atoms with Crippen LogP contribution >= 0.6 is 0 Å². The van der Waals surface area contributed by atoms with Crippen LogP contribution in [0.4, 0.5) is 0 Å². The molecule has 114 valence electrons. The number of rotatable bonds is 6. The lowest BCUT2D eigenvalue weighted by atomic mass is 10.3. The number of ether oxygens (including phenoxy) is 2. The molecule has 0 N–H and O–H groups in total. The molecule has 0 bridgehead atoms. The van der Waals surface area contributed by atoms with Gasteiger partial charge in [-0.3, -0.25) is 24.3 Å². The number of nitrogens with zero attached hydrogens (tertiary/aromatic N) is 3. The highest BCUT2D eigenvalue weighted by molar-refractivity contribution is 5.72. The minimum Gasteiger partial charge on any atom is -0.468 e. The fourth-order valence-corrected chi connectivity index (χ4v) is 2.16. The average Bonchev–Trinajstić information content (AvgIpc) is 2.37. The quantitative estimate of drug-likeness (QED) is 0.490. The predicted molar refractivity (Wildman–Crippen MR) is 73.6 cm³/mol. The van der Waals surface area contributed by atoms with Crippen LogP contribution in [0.2, 0.25) is 0 Å². The van der Waals surface area contributed by atoms with Gasteiger partial charge in [0.1, 0.15) is 0 Å². The fourth-order valence-electron chi connectivity index (χ4n) is 2.16. The largest absolute Gasteiger partial charge is 0.468 e. The predicted octanol–water partition coefficient (Wildman–Crippen LogP) is -0.299. The minimum atomic E-state index is -0.291. The normalized spacial score (nSPS) is 17.8. The first-order chi connectivity index (χ1) is 9.44. The van der Waals surface area contributed by atoms with Crippen molar-refractivity contribution in [2.24, 2.45) is 0 Å². The van der Waals surface area contributed by atoms with E-state index in [9.17, 15) is 9.59 Å². The van der Waals surface area contributed by atoms with E-state index < -0.39 is 0 Å². The van der Waals surface area contributed by atoms with E-state index in [1.54, 1.807) is 0 Å². The Balaban J connectivity index is 2.63. The van der Waals surface area contributed by atoms with Crippen molar-refractivity contribution in [1.29, 1.82) is 0 Å². The second-order valence-corrected chi connectivity index (χ2v) is 5.02. The van der Waals surface area contributed by atoms with Crippen molar-refractivity contribution in [2.75, 3.05) is 53.9 Å². The third kappa shape index (κ3) is 5.68. The van der Waals surface area contributed by atoms with E-state index in [0.717, 1.165) is 12.1 Å². The number of esters is 2. The van der Waals surface area contributed by atoms with Crippen LogP contribution in [0.25, 0.3) is 0 Å². The molecule has 0 unspecified atom stereocenters. The molecular formula is C13H23N3O4. The van der Waals surface area contributed by atoms with E-state index in [1.807, 2.05) is 16.7 Å². The van der Waals surface area contributed by atoms with Gasteiger partial charge in [-0.25, -0.2) is 0 Å². The van der Waals surface area contributed by atoms with Crippen LogP contribution in [0, 0.1) is 0 Å². The summed E-state index contributed by atoms with van der Waals surface area (Å²) >= 11 is 0. The zero-order chi connectivity index (χ0) is 15.1. The number of carbonyl (C=O) groups is 2. The van der Waals surface area contributed by atoms with Gasteiger partial charge in [-0.1, -0.05) is 12.2 Å². The van der Waals surface area contributed by atoms with E-state index in [2.05, 4.69) is 21.0 Å². The molecule has 7 nitrogen and oxygen atoms in total. The van der Waals surface area contributed by atoms with Crippen LogP contribution in [0.3, 0.4) is 0 Å². The van der Waals surface area contributed by atoms with Gasteiger partial charge in [-0.2, -0.15) is 0 Å². The topological polar surface area (TPSA) is 62.3 Å². The molecule has 0 aromatic heterocycles. The highest BCUT2D eigenvalue weighted by Crippen LogP contribution is 2.09. The van der Waals surface area contributed by atoms with Crippen molar-refractivity contribution < 1.29 is 19.1 Å². The Kier molecular flexibility index (Phi) is 6.63. The Morgan fingerprint density at radius 1 is 0.900 bits per heavy atom. The van der Waals surface area contributed by atoms with Gasteiger partial charge in [0, 0.05) is 6.54 Å². The highest BCUT2D eigenvalue weighted by Gasteiger charge is 2.26. The van der Waals surface area contributed by atoms with Crippen molar-refractivity contribution in [2.45, 2.75) is 6.92 Å². The molecule has 1 heterocycles. The summed E-state index contributed by atoms with van der Waals surface area (Å²) in [7, 11) is 2.73. The maximum absolute atomic E-state index is 11.4. The minimum absolute atomic E-state index is 0.195. The second-order valence-electron chi connectivity index (χ2n) is 5.02. The number of methoxy groups -OCH3 is 2. The third-order valence-corrected chi connectivity index (χ3v) is 2.85. The first-order valence-electron chi connectivity index (χ1n) is 6.39. The molecule has 0 amide bonds. The van der Waals surface area contributed by atoms with Crippen molar-refractivity contribution in [3.63, 3.8) is 0 Å². The van der Waals surface area contributed by atoms with Crippen LogP contribution in [0.1, 0.15) is 6.92 Å². The average molecular weight is 285 g/mol. The van der Waals surface area contributed by atoms with Gasteiger partial charge < -0.3 is 9.47 Å². The lowest BCUT2D eigenvalue weighted by molar-refractivity contribution is -0.148.